The van der Waals surface area contributed by atoms with Gasteiger partial charge in [0.15, 0.2) is 0 Å². The van der Waals surface area contributed by atoms with Gasteiger partial charge in [-0.25, -0.2) is 4.79 Å². The molecule has 3 rings (SSSR count). The van der Waals surface area contributed by atoms with Gasteiger partial charge in [0.25, 0.3) is 11.6 Å². The third kappa shape index (κ3) is 3.79. The minimum atomic E-state index is -5.18. The highest BCUT2D eigenvalue weighted by atomic mass is 19.4. The number of hydrogen-bond donors (Lipinski definition) is 2. The molecule has 2 aromatic carbocycles. The first-order chi connectivity index (χ1) is 14.5. The van der Waals surface area contributed by atoms with Crippen LogP contribution in [0, 0.1) is 17.0 Å². The summed E-state index contributed by atoms with van der Waals surface area (Å²) >= 11 is 0. The number of carbonyl (C=O) groups is 3. The third-order valence-electron chi connectivity index (χ3n) is 4.73. The highest BCUT2D eigenvalue weighted by Crippen LogP contribution is 2.43. The number of aryl methyl sites for hydroxylation is 1. The van der Waals surface area contributed by atoms with Crippen molar-refractivity contribution >= 4 is 29.2 Å². The predicted molar refractivity (Wildman–Crippen MR) is 101 cm³/mol. The van der Waals surface area contributed by atoms with Crippen LogP contribution < -0.4 is 10.6 Å². The minimum Gasteiger partial charge on any atom is -0.324 e. The van der Waals surface area contributed by atoms with Gasteiger partial charge in [-0.05, 0) is 18.6 Å². The molecule has 0 radical (unpaired) electrons. The molecule has 1 atom stereocenters. The molecule has 2 aromatic rings. The maximum Gasteiger partial charge on any atom is 0.425 e. The number of nitro benzene ring substituents is 1. The fourth-order valence-corrected chi connectivity index (χ4v) is 3.19. The maximum atomic E-state index is 13.9. The summed E-state index contributed by atoms with van der Waals surface area (Å²) in [6, 6.07) is 8.47. The van der Waals surface area contributed by atoms with E-state index in [1.807, 2.05) is 0 Å². The second-order valence-electron chi connectivity index (χ2n) is 6.74. The van der Waals surface area contributed by atoms with E-state index >= 15 is 0 Å². The van der Waals surface area contributed by atoms with Gasteiger partial charge in [0.2, 0.25) is 11.4 Å². The van der Waals surface area contributed by atoms with Gasteiger partial charge in [0.1, 0.15) is 6.54 Å². The Labute approximate surface area is 173 Å². The average molecular weight is 436 g/mol. The van der Waals surface area contributed by atoms with Crippen molar-refractivity contribution in [2.24, 2.45) is 0 Å². The summed E-state index contributed by atoms with van der Waals surface area (Å²) in [5.41, 5.74) is -3.80. The number of nitrogens with one attached hydrogen (secondary N) is 2. The number of imide groups is 1. The summed E-state index contributed by atoms with van der Waals surface area (Å²) in [6.07, 6.45) is -5.18. The average Bonchev–Trinajstić information content (AvgIpc) is 2.95. The van der Waals surface area contributed by atoms with E-state index in [-0.39, 0.29) is 16.3 Å². The van der Waals surface area contributed by atoms with Gasteiger partial charge < -0.3 is 10.6 Å². The van der Waals surface area contributed by atoms with Crippen molar-refractivity contribution in [2.45, 2.75) is 18.6 Å². The van der Waals surface area contributed by atoms with E-state index in [0.717, 1.165) is 18.2 Å². The summed E-state index contributed by atoms with van der Waals surface area (Å²) in [5, 5.41) is 14.9. The molecule has 1 aliphatic heterocycles. The molecule has 0 spiro atoms. The van der Waals surface area contributed by atoms with E-state index in [1.165, 1.54) is 37.3 Å². The number of nitro groups is 1. The molecule has 4 amide bonds. The number of halogens is 3. The lowest BCUT2D eigenvalue weighted by Gasteiger charge is -2.29. The molecule has 2 N–H and O–H groups in total. The Balaban J connectivity index is 1.85. The molecule has 1 fully saturated rings. The van der Waals surface area contributed by atoms with E-state index in [4.69, 9.17) is 0 Å². The fourth-order valence-electron chi connectivity index (χ4n) is 3.19. The Kier molecular flexibility index (Phi) is 5.40. The summed E-state index contributed by atoms with van der Waals surface area (Å²) in [6.45, 7) is 0.467. The Hall–Kier alpha value is -3.96. The molecule has 1 unspecified atom stereocenters. The molecule has 162 valence electrons. The van der Waals surface area contributed by atoms with E-state index < -0.39 is 46.6 Å². The third-order valence-corrected chi connectivity index (χ3v) is 4.73. The Morgan fingerprint density at radius 1 is 1.19 bits per heavy atom. The molecule has 1 aliphatic rings. The second kappa shape index (κ2) is 7.70. The molecule has 1 heterocycles. The van der Waals surface area contributed by atoms with Crippen molar-refractivity contribution in [3.05, 3.63) is 69.8 Å². The monoisotopic (exact) mass is 436 g/mol. The van der Waals surface area contributed by atoms with Crippen molar-refractivity contribution in [3.63, 3.8) is 0 Å². The molecular weight excluding hydrogens is 421 g/mol. The van der Waals surface area contributed by atoms with Crippen LogP contribution in [0.25, 0.3) is 0 Å². The largest absolute Gasteiger partial charge is 0.425 e. The number of amides is 4. The van der Waals surface area contributed by atoms with Gasteiger partial charge in [0.05, 0.1) is 4.92 Å². The van der Waals surface area contributed by atoms with Gasteiger partial charge in [-0.2, -0.15) is 13.2 Å². The van der Waals surface area contributed by atoms with Crippen LogP contribution >= 0.6 is 0 Å². The number of alkyl halides is 3. The molecule has 1 saturated heterocycles. The SMILES string of the molecule is Cc1ccc(NC(=O)CN2C(=O)NC(c3ccccc3)(C(F)(F)F)C2=O)cc1[N+](=O)[O-]. The van der Waals surface area contributed by atoms with E-state index in [9.17, 15) is 37.7 Å². The molecule has 9 nitrogen and oxygen atoms in total. The van der Waals surface area contributed by atoms with Gasteiger partial charge in [-0.15, -0.1) is 0 Å². The number of benzene rings is 2. The van der Waals surface area contributed by atoms with E-state index in [0.29, 0.717) is 5.56 Å². The Bertz CT molecular complexity index is 1070. The van der Waals surface area contributed by atoms with Crippen molar-refractivity contribution < 1.29 is 32.5 Å². The van der Waals surface area contributed by atoms with Crippen molar-refractivity contribution in [2.75, 3.05) is 11.9 Å². The van der Waals surface area contributed by atoms with Crippen LogP contribution in [-0.4, -0.2) is 40.4 Å². The first kappa shape index (κ1) is 21.7. The highest BCUT2D eigenvalue weighted by molar-refractivity contribution is 6.11. The normalized spacial score (nSPS) is 18.6. The zero-order valence-corrected chi connectivity index (χ0v) is 15.9. The number of nitrogens with zero attached hydrogens (tertiary/aromatic N) is 2. The molecule has 0 saturated carbocycles. The smallest absolute Gasteiger partial charge is 0.324 e. The summed E-state index contributed by atoms with van der Waals surface area (Å²) in [5.74, 6) is -2.66. The quantitative estimate of drug-likeness (QED) is 0.424. The van der Waals surface area contributed by atoms with Crippen molar-refractivity contribution in [1.29, 1.82) is 0 Å². The zero-order chi connectivity index (χ0) is 23.0. The van der Waals surface area contributed by atoms with E-state index in [2.05, 4.69) is 5.32 Å². The number of carbonyl (C=O) groups excluding carboxylic acids is 3. The van der Waals surface area contributed by atoms with Crippen LogP contribution in [0.15, 0.2) is 48.5 Å². The maximum absolute atomic E-state index is 13.9. The van der Waals surface area contributed by atoms with Gasteiger partial charge in [-0.1, -0.05) is 36.4 Å². The lowest BCUT2D eigenvalue weighted by molar-refractivity contribution is -0.385. The Morgan fingerprint density at radius 3 is 2.42 bits per heavy atom. The number of urea groups is 1. The molecule has 0 bridgehead atoms. The van der Waals surface area contributed by atoms with Crippen LogP contribution in [0.4, 0.5) is 29.3 Å². The van der Waals surface area contributed by atoms with Gasteiger partial charge in [0, 0.05) is 17.3 Å². The minimum absolute atomic E-state index is 0.0144. The van der Waals surface area contributed by atoms with E-state index in [1.54, 1.807) is 5.32 Å². The highest BCUT2D eigenvalue weighted by Gasteiger charge is 2.68. The topological polar surface area (TPSA) is 122 Å². The molecule has 31 heavy (non-hydrogen) atoms. The van der Waals surface area contributed by atoms with Crippen LogP contribution in [0.2, 0.25) is 0 Å². The van der Waals surface area contributed by atoms with Crippen LogP contribution in [-0.2, 0) is 15.1 Å². The number of anilines is 1. The predicted octanol–water partition coefficient (Wildman–Crippen LogP) is 2.85. The molecular formula is C19H15F3N4O5. The van der Waals surface area contributed by atoms with Gasteiger partial charge >= 0.3 is 12.2 Å². The lowest BCUT2D eigenvalue weighted by Crippen LogP contribution is -2.55. The Morgan fingerprint density at radius 2 is 1.84 bits per heavy atom. The van der Waals surface area contributed by atoms with Crippen LogP contribution in [0.5, 0.6) is 0 Å². The van der Waals surface area contributed by atoms with Crippen molar-refractivity contribution in [3.8, 4) is 0 Å². The number of hydrogen-bond acceptors (Lipinski definition) is 5. The standard InChI is InChI=1S/C19H15F3N4O5/c1-11-7-8-13(9-14(11)26(30)31)23-15(27)10-25-16(28)18(19(20,21)22,24-17(25)29)12-5-3-2-4-6-12/h2-9H,10H2,1H3,(H,23,27)(H,24,29). The lowest BCUT2D eigenvalue weighted by atomic mass is 9.89. The molecule has 0 aromatic heterocycles. The van der Waals surface area contributed by atoms with Crippen LogP contribution in [0.3, 0.4) is 0 Å². The summed E-state index contributed by atoms with van der Waals surface area (Å²) in [4.78, 5) is 47.7. The molecule has 12 heteroatoms. The first-order valence-electron chi connectivity index (χ1n) is 8.78. The second-order valence-corrected chi connectivity index (χ2v) is 6.74. The zero-order valence-electron chi connectivity index (χ0n) is 15.9. The summed E-state index contributed by atoms with van der Waals surface area (Å²) in [7, 11) is 0. The molecule has 0 aliphatic carbocycles. The first-order valence-corrected chi connectivity index (χ1v) is 8.78. The van der Waals surface area contributed by atoms with Gasteiger partial charge in [-0.3, -0.25) is 24.6 Å². The van der Waals surface area contributed by atoms with Crippen LogP contribution in [0.1, 0.15) is 11.1 Å². The van der Waals surface area contributed by atoms with Crippen molar-refractivity contribution in [1.82, 2.24) is 10.2 Å². The number of rotatable bonds is 5. The fraction of sp³-hybridized carbons (Fsp3) is 0.211. The summed E-state index contributed by atoms with van der Waals surface area (Å²) < 4.78 is 41.7.